The first-order valence-corrected chi connectivity index (χ1v) is 7.51. The maximum Gasteiger partial charge on any atom is 0.126 e. The number of imidazole rings is 1. The van der Waals surface area contributed by atoms with Crippen LogP contribution in [0.2, 0.25) is 0 Å². The van der Waals surface area contributed by atoms with Gasteiger partial charge in [-0.05, 0) is 30.7 Å². The second-order valence-corrected chi connectivity index (χ2v) is 5.44. The number of nitrogens with zero attached hydrogens (tertiary/aromatic N) is 2. The van der Waals surface area contributed by atoms with Crippen LogP contribution in [0, 0.1) is 18.3 Å². The lowest BCUT2D eigenvalue weighted by molar-refractivity contribution is 0.216. The molecule has 0 saturated heterocycles. The first-order chi connectivity index (χ1) is 11.6. The minimum absolute atomic E-state index is 0.524. The van der Waals surface area contributed by atoms with E-state index in [1.165, 1.54) is 0 Å². The quantitative estimate of drug-likeness (QED) is 0.772. The van der Waals surface area contributed by atoms with E-state index >= 15 is 0 Å². The summed E-state index contributed by atoms with van der Waals surface area (Å²) in [5.41, 5.74) is 3.35. The Morgan fingerprint density at radius 3 is 2.67 bits per heavy atom. The van der Waals surface area contributed by atoms with E-state index in [2.05, 4.69) is 16.0 Å². The van der Waals surface area contributed by atoms with Crippen molar-refractivity contribution in [3.63, 3.8) is 0 Å². The van der Waals surface area contributed by atoms with Crippen molar-refractivity contribution < 1.29 is 9.84 Å². The maximum atomic E-state index is 10.6. The molecule has 0 fully saturated rings. The molecule has 1 unspecified atom stereocenters. The summed E-state index contributed by atoms with van der Waals surface area (Å²) in [5.74, 6) is 1.42. The van der Waals surface area contributed by atoms with Crippen LogP contribution >= 0.6 is 0 Å². The van der Waals surface area contributed by atoms with E-state index in [1.54, 1.807) is 25.4 Å². The van der Waals surface area contributed by atoms with Crippen molar-refractivity contribution in [2.24, 2.45) is 0 Å². The highest BCUT2D eigenvalue weighted by Crippen LogP contribution is 2.34. The van der Waals surface area contributed by atoms with Crippen molar-refractivity contribution >= 4 is 0 Å². The van der Waals surface area contributed by atoms with Crippen LogP contribution < -0.4 is 4.74 Å². The topological polar surface area (TPSA) is 81.9 Å². The van der Waals surface area contributed by atoms with E-state index in [9.17, 15) is 10.4 Å². The molecule has 1 aromatic heterocycles. The summed E-state index contributed by atoms with van der Waals surface area (Å²) < 4.78 is 5.40. The molecule has 0 bridgehead atoms. The van der Waals surface area contributed by atoms with E-state index in [-0.39, 0.29) is 0 Å². The average molecular weight is 319 g/mol. The highest BCUT2D eigenvalue weighted by molar-refractivity contribution is 5.76. The van der Waals surface area contributed by atoms with Crippen molar-refractivity contribution in [3.05, 3.63) is 71.3 Å². The van der Waals surface area contributed by atoms with Crippen LogP contribution in [0.4, 0.5) is 0 Å². The van der Waals surface area contributed by atoms with Gasteiger partial charge in [0.2, 0.25) is 0 Å². The van der Waals surface area contributed by atoms with Crippen molar-refractivity contribution in [2.75, 3.05) is 7.11 Å². The Kier molecular flexibility index (Phi) is 4.32. The molecule has 0 saturated carbocycles. The van der Waals surface area contributed by atoms with Gasteiger partial charge in [-0.25, -0.2) is 4.98 Å². The summed E-state index contributed by atoms with van der Waals surface area (Å²) in [7, 11) is 1.59. The molecule has 1 atom stereocenters. The van der Waals surface area contributed by atoms with Crippen molar-refractivity contribution in [1.82, 2.24) is 9.97 Å². The number of aromatic amines is 1. The van der Waals surface area contributed by atoms with Crippen LogP contribution in [-0.4, -0.2) is 22.2 Å². The van der Waals surface area contributed by atoms with Crippen LogP contribution in [0.3, 0.4) is 0 Å². The lowest BCUT2D eigenvalue weighted by Gasteiger charge is -2.14. The molecule has 0 aliphatic carbocycles. The van der Waals surface area contributed by atoms with Gasteiger partial charge in [-0.2, -0.15) is 5.26 Å². The van der Waals surface area contributed by atoms with Gasteiger partial charge in [0.1, 0.15) is 17.7 Å². The van der Waals surface area contributed by atoms with Gasteiger partial charge >= 0.3 is 0 Å². The minimum atomic E-state index is -0.840. The number of rotatable bonds is 4. The SMILES string of the molecule is COc1ccccc1-c1cc(C(O)c2cnc(C)[nH]2)ccc1C#N. The Bertz CT molecular complexity index is 909. The zero-order chi connectivity index (χ0) is 17.1. The summed E-state index contributed by atoms with van der Waals surface area (Å²) in [6.07, 6.45) is 0.772. The highest BCUT2D eigenvalue weighted by Gasteiger charge is 2.17. The Morgan fingerprint density at radius 1 is 1.21 bits per heavy atom. The first-order valence-electron chi connectivity index (χ1n) is 7.51. The van der Waals surface area contributed by atoms with Gasteiger partial charge in [-0.3, -0.25) is 0 Å². The third-order valence-electron chi connectivity index (χ3n) is 3.89. The molecule has 2 N–H and O–H groups in total. The summed E-state index contributed by atoms with van der Waals surface area (Å²) in [4.78, 5) is 7.15. The van der Waals surface area contributed by atoms with Gasteiger partial charge in [-0.15, -0.1) is 0 Å². The van der Waals surface area contributed by atoms with Crippen molar-refractivity contribution in [3.8, 4) is 22.9 Å². The molecular weight excluding hydrogens is 302 g/mol. The molecule has 24 heavy (non-hydrogen) atoms. The predicted octanol–water partition coefficient (Wildman–Crippen LogP) is 3.35. The third kappa shape index (κ3) is 2.87. The predicted molar refractivity (Wildman–Crippen MR) is 90.5 cm³/mol. The Labute approximate surface area is 140 Å². The van der Waals surface area contributed by atoms with Crippen LogP contribution in [-0.2, 0) is 0 Å². The monoisotopic (exact) mass is 319 g/mol. The Balaban J connectivity index is 2.11. The molecule has 5 heteroatoms. The molecule has 1 heterocycles. The summed E-state index contributed by atoms with van der Waals surface area (Å²) in [5, 5.41) is 20.0. The molecule has 0 spiro atoms. The molecular formula is C19H17N3O2. The van der Waals surface area contributed by atoms with E-state index in [0.29, 0.717) is 22.6 Å². The van der Waals surface area contributed by atoms with Gasteiger partial charge in [-0.1, -0.05) is 24.3 Å². The number of hydrogen-bond donors (Lipinski definition) is 2. The first kappa shape index (κ1) is 15.8. The lowest BCUT2D eigenvalue weighted by Crippen LogP contribution is -2.01. The number of methoxy groups -OCH3 is 1. The zero-order valence-electron chi connectivity index (χ0n) is 13.4. The van der Waals surface area contributed by atoms with Gasteiger partial charge in [0.15, 0.2) is 0 Å². The number of nitrogens with one attached hydrogen (secondary N) is 1. The van der Waals surface area contributed by atoms with Crippen molar-refractivity contribution in [1.29, 1.82) is 5.26 Å². The minimum Gasteiger partial charge on any atom is -0.496 e. The molecule has 120 valence electrons. The Hall–Kier alpha value is -3.10. The maximum absolute atomic E-state index is 10.6. The number of nitriles is 1. The average Bonchev–Trinajstić information content (AvgIpc) is 3.06. The fourth-order valence-corrected chi connectivity index (χ4v) is 2.68. The highest BCUT2D eigenvalue weighted by atomic mass is 16.5. The normalized spacial score (nSPS) is 11.8. The molecule has 0 radical (unpaired) electrons. The number of aryl methyl sites for hydroxylation is 1. The van der Waals surface area contributed by atoms with Gasteiger partial charge < -0.3 is 14.8 Å². The van der Waals surface area contributed by atoms with E-state index in [1.807, 2.05) is 37.3 Å². The smallest absolute Gasteiger partial charge is 0.126 e. The number of para-hydroxylation sites is 1. The van der Waals surface area contributed by atoms with E-state index in [4.69, 9.17) is 4.74 Å². The summed E-state index contributed by atoms with van der Waals surface area (Å²) >= 11 is 0. The molecule has 3 rings (SSSR count). The van der Waals surface area contributed by atoms with Gasteiger partial charge in [0, 0.05) is 11.1 Å². The van der Waals surface area contributed by atoms with E-state index in [0.717, 1.165) is 17.0 Å². The van der Waals surface area contributed by atoms with Crippen LogP contribution in [0.15, 0.2) is 48.7 Å². The van der Waals surface area contributed by atoms with Crippen LogP contribution in [0.25, 0.3) is 11.1 Å². The Morgan fingerprint density at radius 2 is 2.00 bits per heavy atom. The largest absolute Gasteiger partial charge is 0.496 e. The fourth-order valence-electron chi connectivity index (χ4n) is 2.68. The number of H-pyrrole nitrogens is 1. The van der Waals surface area contributed by atoms with Gasteiger partial charge in [0.25, 0.3) is 0 Å². The second kappa shape index (κ2) is 6.57. The second-order valence-electron chi connectivity index (χ2n) is 5.44. The molecule has 0 aliphatic rings. The van der Waals surface area contributed by atoms with Gasteiger partial charge in [0.05, 0.1) is 30.6 Å². The standard InChI is InChI=1S/C19H17N3O2/c1-12-21-11-17(22-12)19(23)13-7-8-14(10-20)16(9-13)15-5-3-4-6-18(15)24-2/h3-9,11,19,23H,1-2H3,(H,21,22). The summed E-state index contributed by atoms with van der Waals surface area (Å²) in [6.45, 7) is 1.83. The summed E-state index contributed by atoms with van der Waals surface area (Å²) in [6, 6.07) is 15.0. The van der Waals surface area contributed by atoms with E-state index < -0.39 is 6.10 Å². The number of benzene rings is 2. The lowest BCUT2D eigenvalue weighted by atomic mass is 9.95. The molecule has 3 aromatic rings. The number of aliphatic hydroxyl groups is 1. The fraction of sp³-hybridized carbons (Fsp3) is 0.158. The molecule has 0 amide bonds. The number of aromatic nitrogens is 2. The zero-order valence-corrected chi connectivity index (χ0v) is 13.4. The van der Waals surface area contributed by atoms with Crippen LogP contribution in [0.5, 0.6) is 5.75 Å². The third-order valence-corrected chi connectivity index (χ3v) is 3.89. The molecule has 2 aromatic carbocycles. The molecule has 5 nitrogen and oxygen atoms in total. The van der Waals surface area contributed by atoms with Crippen molar-refractivity contribution in [2.45, 2.75) is 13.0 Å². The molecule has 0 aliphatic heterocycles. The number of ether oxygens (including phenoxy) is 1. The number of aliphatic hydroxyl groups excluding tert-OH is 1. The number of hydrogen-bond acceptors (Lipinski definition) is 4. The van der Waals surface area contributed by atoms with Crippen LogP contribution in [0.1, 0.15) is 28.7 Å².